The molecular weight excluding hydrogens is 519 g/mol. The highest BCUT2D eigenvalue weighted by Gasteiger charge is 2.50. The molecule has 0 bridgehead atoms. The van der Waals surface area contributed by atoms with E-state index in [9.17, 15) is 14.0 Å². The summed E-state index contributed by atoms with van der Waals surface area (Å²) in [6.07, 6.45) is 7.68. The summed E-state index contributed by atoms with van der Waals surface area (Å²) < 4.78 is 17.0. The molecule has 3 heterocycles. The number of amides is 2. The summed E-state index contributed by atoms with van der Waals surface area (Å²) in [6, 6.07) is 21.1. The third-order valence-corrected chi connectivity index (χ3v) is 8.12. The minimum atomic E-state index is -0.468. The number of hydrogen-bond donors (Lipinski definition) is 1. The zero-order chi connectivity index (χ0) is 28.1. The Morgan fingerprint density at radius 3 is 2.44 bits per heavy atom. The molecule has 2 amide bonds. The highest BCUT2D eigenvalue weighted by molar-refractivity contribution is 6.02. The first-order valence-electron chi connectivity index (χ1n) is 13.9. The van der Waals surface area contributed by atoms with Crippen LogP contribution in [0.15, 0.2) is 91.4 Å². The maximum absolute atomic E-state index is 14.4. The zero-order valence-corrected chi connectivity index (χ0v) is 22.5. The van der Waals surface area contributed by atoms with E-state index in [2.05, 4.69) is 15.5 Å². The SMILES string of the molecule is Cn1cc(C[C@@H]2C(=O)N(c3ccc4c(cnn4-c4ccc(F)cc4)c3)[C@H](c3ccccc3)[C@H]2NC(=O)C2CC2)cn1. The molecule has 0 radical (unpaired) electrons. The van der Waals surface area contributed by atoms with Gasteiger partial charge >= 0.3 is 0 Å². The van der Waals surface area contributed by atoms with Crippen LogP contribution < -0.4 is 10.2 Å². The molecule has 2 fully saturated rings. The highest BCUT2D eigenvalue weighted by Crippen LogP contribution is 2.43. The Bertz CT molecular complexity index is 1740. The quantitative estimate of drug-likeness (QED) is 0.319. The predicted octanol–water partition coefficient (Wildman–Crippen LogP) is 4.74. The van der Waals surface area contributed by atoms with E-state index in [4.69, 9.17) is 0 Å². The second kappa shape index (κ2) is 9.99. The van der Waals surface area contributed by atoms with Gasteiger partial charge < -0.3 is 10.2 Å². The molecule has 1 saturated heterocycles. The molecular formula is C32H29FN6O2. The Morgan fingerprint density at radius 2 is 1.73 bits per heavy atom. The van der Waals surface area contributed by atoms with Crippen molar-refractivity contribution in [2.75, 3.05) is 4.90 Å². The topological polar surface area (TPSA) is 85.0 Å². The van der Waals surface area contributed by atoms with E-state index < -0.39 is 18.0 Å². The Kier molecular flexibility index (Phi) is 6.14. The summed E-state index contributed by atoms with van der Waals surface area (Å²) >= 11 is 0. The number of benzene rings is 3. The molecule has 41 heavy (non-hydrogen) atoms. The summed E-state index contributed by atoms with van der Waals surface area (Å²) in [7, 11) is 1.85. The monoisotopic (exact) mass is 548 g/mol. The maximum Gasteiger partial charge on any atom is 0.233 e. The fraction of sp³-hybridized carbons (Fsp3) is 0.250. The van der Waals surface area contributed by atoms with Crippen LogP contribution in [0.3, 0.4) is 0 Å². The lowest BCUT2D eigenvalue weighted by atomic mass is 9.89. The lowest BCUT2D eigenvalue weighted by molar-refractivity contribution is -0.124. The van der Waals surface area contributed by atoms with Gasteiger partial charge in [0.2, 0.25) is 11.8 Å². The molecule has 2 aliphatic rings. The molecule has 1 saturated carbocycles. The van der Waals surface area contributed by atoms with Crippen molar-refractivity contribution in [1.82, 2.24) is 24.9 Å². The van der Waals surface area contributed by atoms with Gasteiger partial charge in [-0.25, -0.2) is 9.07 Å². The second-order valence-corrected chi connectivity index (χ2v) is 11.0. The lowest BCUT2D eigenvalue weighted by Gasteiger charge is -2.29. The molecule has 0 spiro atoms. The van der Waals surface area contributed by atoms with Crippen LogP contribution in [0.4, 0.5) is 10.1 Å². The number of carbonyl (C=O) groups is 2. The van der Waals surface area contributed by atoms with Gasteiger partial charge in [-0.05, 0) is 72.9 Å². The number of nitrogens with one attached hydrogen (secondary N) is 1. The van der Waals surface area contributed by atoms with E-state index >= 15 is 0 Å². The smallest absolute Gasteiger partial charge is 0.233 e. The second-order valence-electron chi connectivity index (χ2n) is 11.0. The molecule has 3 atom stereocenters. The first-order chi connectivity index (χ1) is 20.0. The number of halogens is 1. The summed E-state index contributed by atoms with van der Waals surface area (Å²) in [6.45, 7) is 0. The van der Waals surface area contributed by atoms with Crippen molar-refractivity contribution < 1.29 is 14.0 Å². The molecule has 7 rings (SSSR count). The lowest BCUT2D eigenvalue weighted by Crippen LogP contribution is -2.43. The Balaban J connectivity index is 1.31. The molecule has 5 aromatic rings. The number of hydrogen-bond acceptors (Lipinski definition) is 4. The maximum atomic E-state index is 14.4. The van der Waals surface area contributed by atoms with Gasteiger partial charge in [-0.2, -0.15) is 10.2 Å². The van der Waals surface area contributed by atoms with Crippen LogP contribution in [0.25, 0.3) is 16.6 Å². The third-order valence-electron chi connectivity index (χ3n) is 8.12. The Hall–Kier alpha value is -4.79. The number of aromatic nitrogens is 4. The summed E-state index contributed by atoms with van der Waals surface area (Å²) in [5.41, 5.74) is 4.22. The first kappa shape index (κ1) is 25.2. The van der Waals surface area contributed by atoms with Crippen LogP contribution >= 0.6 is 0 Å². The van der Waals surface area contributed by atoms with Crippen LogP contribution in [0.1, 0.15) is 30.0 Å². The molecule has 206 valence electrons. The molecule has 1 aliphatic heterocycles. The van der Waals surface area contributed by atoms with Gasteiger partial charge in [-0.15, -0.1) is 0 Å². The predicted molar refractivity (Wildman–Crippen MR) is 153 cm³/mol. The van der Waals surface area contributed by atoms with E-state index in [1.807, 2.05) is 66.7 Å². The zero-order valence-electron chi connectivity index (χ0n) is 22.5. The van der Waals surface area contributed by atoms with Crippen molar-refractivity contribution in [1.29, 1.82) is 0 Å². The van der Waals surface area contributed by atoms with Gasteiger partial charge in [0.15, 0.2) is 0 Å². The number of rotatable bonds is 7. The van der Waals surface area contributed by atoms with Crippen LogP contribution in [0, 0.1) is 17.7 Å². The van der Waals surface area contributed by atoms with Crippen molar-refractivity contribution in [3.05, 3.63) is 108 Å². The number of nitrogens with zero attached hydrogens (tertiary/aromatic N) is 5. The first-order valence-corrected chi connectivity index (χ1v) is 13.9. The van der Waals surface area contributed by atoms with Crippen LogP contribution in [0.5, 0.6) is 0 Å². The molecule has 8 nitrogen and oxygen atoms in total. The molecule has 1 aliphatic carbocycles. The average molecular weight is 549 g/mol. The van der Waals surface area contributed by atoms with Gasteiger partial charge in [0, 0.05) is 30.2 Å². The number of aryl methyl sites for hydroxylation is 1. The van der Waals surface area contributed by atoms with Crippen molar-refractivity contribution in [2.45, 2.75) is 31.3 Å². The van der Waals surface area contributed by atoms with Crippen LogP contribution in [-0.4, -0.2) is 37.4 Å². The van der Waals surface area contributed by atoms with Crippen molar-refractivity contribution >= 4 is 28.4 Å². The van der Waals surface area contributed by atoms with Gasteiger partial charge in [0.05, 0.1) is 41.6 Å². The molecule has 2 aromatic heterocycles. The normalized spacial score (nSPS) is 20.6. The standard InChI is InChI=1S/C32H29FN6O2/c1-37-19-20(17-34-37)15-27-29(36-31(40)22-7-8-22)30(21-5-3-2-4-6-21)38(32(27)41)26-13-14-28-23(16-26)18-35-39(28)25-11-9-24(33)10-12-25/h2-6,9-14,16-19,22,27,29-30H,7-8,15H2,1H3,(H,36,40)/t27-,29-,30+/m0/s1. The molecule has 3 aromatic carbocycles. The summed E-state index contributed by atoms with van der Waals surface area (Å²) in [5.74, 6) is -0.795. The number of anilines is 1. The fourth-order valence-electron chi connectivity index (χ4n) is 5.96. The number of carbonyl (C=O) groups excluding carboxylic acids is 2. The molecule has 0 unspecified atom stereocenters. The average Bonchev–Trinajstić information content (AvgIpc) is 3.55. The Morgan fingerprint density at radius 1 is 0.976 bits per heavy atom. The minimum Gasteiger partial charge on any atom is -0.350 e. The number of fused-ring (bicyclic) bond motifs is 1. The Labute approximate surface area is 236 Å². The van der Waals surface area contributed by atoms with E-state index in [1.54, 1.807) is 33.9 Å². The van der Waals surface area contributed by atoms with Gasteiger partial charge in [0.25, 0.3) is 0 Å². The summed E-state index contributed by atoms with van der Waals surface area (Å²) in [4.78, 5) is 29.3. The van der Waals surface area contributed by atoms with Crippen molar-refractivity contribution in [3.8, 4) is 5.69 Å². The van der Waals surface area contributed by atoms with E-state index in [0.29, 0.717) is 6.42 Å². The highest BCUT2D eigenvalue weighted by atomic mass is 19.1. The van der Waals surface area contributed by atoms with Gasteiger partial charge in [-0.1, -0.05) is 30.3 Å². The van der Waals surface area contributed by atoms with Crippen LogP contribution in [-0.2, 0) is 23.1 Å². The van der Waals surface area contributed by atoms with E-state index in [0.717, 1.165) is 46.2 Å². The van der Waals surface area contributed by atoms with Crippen molar-refractivity contribution in [2.24, 2.45) is 18.9 Å². The molecule has 9 heteroatoms. The molecule has 1 N–H and O–H groups in total. The summed E-state index contributed by atoms with van der Waals surface area (Å²) in [5, 5.41) is 13.0. The van der Waals surface area contributed by atoms with Gasteiger partial charge in [-0.3, -0.25) is 14.3 Å². The third kappa shape index (κ3) is 4.67. The largest absolute Gasteiger partial charge is 0.350 e. The van der Waals surface area contributed by atoms with E-state index in [-0.39, 0.29) is 23.5 Å². The van der Waals surface area contributed by atoms with E-state index in [1.165, 1.54) is 12.1 Å². The minimum absolute atomic E-state index is 0.0118. The fourth-order valence-corrected chi connectivity index (χ4v) is 5.96. The van der Waals surface area contributed by atoms with Crippen LogP contribution in [0.2, 0.25) is 0 Å². The van der Waals surface area contributed by atoms with Crippen molar-refractivity contribution in [3.63, 3.8) is 0 Å². The van der Waals surface area contributed by atoms with Gasteiger partial charge in [0.1, 0.15) is 5.82 Å².